The number of nitrogens with one attached hydrogen (secondary N) is 1. The van der Waals surface area contributed by atoms with Crippen LogP contribution in [0.2, 0.25) is 0 Å². The molecule has 0 aromatic rings. The van der Waals surface area contributed by atoms with Crippen LogP contribution in [0.1, 0.15) is 34.6 Å². The molecule has 6 heteroatoms. The monoisotopic (exact) mass is 234 g/mol. The second kappa shape index (κ2) is 6.32. The summed E-state index contributed by atoms with van der Waals surface area (Å²) in [6, 6.07) is -0.917. The molecule has 1 amide bonds. The van der Waals surface area contributed by atoms with E-state index in [4.69, 9.17) is 9.84 Å². The summed E-state index contributed by atoms with van der Waals surface area (Å²) < 4.78 is 4.96. The number of carbonyl (C=O) groups excluding carboxylic acids is 1. The molecule has 1 unspecified atom stereocenters. The van der Waals surface area contributed by atoms with Crippen molar-refractivity contribution in [3.8, 4) is 0 Å². The zero-order valence-corrected chi connectivity index (χ0v) is 10.5. The van der Waals surface area contributed by atoms with E-state index < -0.39 is 23.7 Å². The Morgan fingerprint density at radius 2 is 1.69 bits per heavy atom. The van der Waals surface area contributed by atoms with E-state index in [0.717, 1.165) is 0 Å². The van der Waals surface area contributed by atoms with Crippen molar-refractivity contribution in [1.82, 2.24) is 11.5 Å². The highest BCUT2D eigenvalue weighted by molar-refractivity contribution is 5.80. The van der Waals surface area contributed by atoms with Crippen LogP contribution in [0.25, 0.3) is 0 Å². The largest absolute Gasteiger partial charge is 0.480 e. The van der Waals surface area contributed by atoms with Crippen LogP contribution in [0.4, 0.5) is 4.79 Å². The van der Waals surface area contributed by atoms with Gasteiger partial charge in [-0.2, -0.15) is 0 Å². The van der Waals surface area contributed by atoms with E-state index in [-0.39, 0.29) is 12.1 Å². The van der Waals surface area contributed by atoms with Crippen molar-refractivity contribution in [2.45, 2.75) is 46.3 Å². The highest BCUT2D eigenvalue weighted by atomic mass is 16.6. The van der Waals surface area contributed by atoms with Crippen molar-refractivity contribution in [2.75, 3.05) is 0 Å². The molecule has 0 heterocycles. The van der Waals surface area contributed by atoms with Gasteiger partial charge in [-0.05, 0) is 26.7 Å². The Bertz CT molecular complexity index is 246. The lowest BCUT2D eigenvalue weighted by molar-refractivity contribution is -0.140. The Labute approximate surface area is 95.9 Å². The fraction of sp³-hybridized carbons (Fsp3) is 0.800. The quantitative estimate of drug-likeness (QED) is 0.689. The van der Waals surface area contributed by atoms with Crippen molar-refractivity contribution >= 4 is 12.1 Å². The second-order valence-electron chi connectivity index (χ2n) is 4.71. The van der Waals surface area contributed by atoms with E-state index in [1.54, 1.807) is 34.6 Å². The van der Waals surface area contributed by atoms with Crippen LogP contribution in [-0.2, 0) is 9.53 Å². The van der Waals surface area contributed by atoms with Gasteiger partial charge < -0.3 is 21.3 Å². The Kier molecular flexibility index (Phi) is 6.76. The number of ether oxygens (including phenoxy) is 1. The highest BCUT2D eigenvalue weighted by Crippen LogP contribution is 2.08. The van der Waals surface area contributed by atoms with Crippen molar-refractivity contribution < 1.29 is 19.4 Å². The average Bonchev–Trinajstić information content (AvgIpc) is 1.95. The molecule has 0 saturated heterocycles. The van der Waals surface area contributed by atoms with Gasteiger partial charge in [0.25, 0.3) is 0 Å². The van der Waals surface area contributed by atoms with Gasteiger partial charge in [-0.1, -0.05) is 13.8 Å². The standard InChI is InChI=1S/C10H19NO4.H3N/c1-6(2)7(8(12)13)11-9(14)15-10(3,4)5;/h6-7H,1-5H3,(H,11,14)(H,12,13);1H3. The molecule has 0 aromatic carbocycles. The average molecular weight is 234 g/mol. The third-order valence-corrected chi connectivity index (χ3v) is 1.60. The van der Waals surface area contributed by atoms with E-state index in [2.05, 4.69) is 5.32 Å². The normalized spacial score (nSPS) is 12.6. The maximum atomic E-state index is 11.3. The van der Waals surface area contributed by atoms with Crippen LogP contribution in [0, 0.1) is 5.92 Å². The first-order chi connectivity index (χ1) is 6.63. The molecule has 0 bridgehead atoms. The van der Waals surface area contributed by atoms with Crippen LogP contribution < -0.4 is 11.5 Å². The van der Waals surface area contributed by atoms with Gasteiger partial charge in [0.15, 0.2) is 0 Å². The number of hydrogen-bond acceptors (Lipinski definition) is 4. The van der Waals surface area contributed by atoms with E-state index in [1.165, 1.54) is 0 Å². The first-order valence-electron chi connectivity index (χ1n) is 4.86. The van der Waals surface area contributed by atoms with Gasteiger partial charge >= 0.3 is 12.1 Å². The minimum Gasteiger partial charge on any atom is -0.480 e. The fourth-order valence-corrected chi connectivity index (χ4v) is 0.948. The van der Waals surface area contributed by atoms with Gasteiger partial charge in [0.1, 0.15) is 11.6 Å². The number of alkyl carbamates (subject to hydrolysis) is 1. The summed E-state index contributed by atoms with van der Waals surface area (Å²) in [5.74, 6) is -1.24. The number of carboxylic acids is 1. The number of rotatable bonds is 3. The molecule has 0 aliphatic rings. The molecule has 96 valence electrons. The number of amides is 1. The third-order valence-electron chi connectivity index (χ3n) is 1.60. The van der Waals surface area contributed by atoms with Crippen molar-refractivity contribution in [2.24, 2.45) is 5.92 Å². The second-order valence-corrected chi connectivity index (χ2v) is 4.71. The molecule has 0 aliphatic heterocycles. The molecule has 0 radical (unpaired) electrons. The van der Waals surface area contributed by atoms with E-state index in [9.17, 15) is 9.59 Å². The minimum absolute atomic E-state index is 0. The summed E-state index contributed by atoms with van der Waals surface area (Å²) in [4.78, 5) is 22.1. The summed E-state index contributed by atoms with van der Waals surface area (Å²) in [5.41, 5.74) is -0.621. The maximum absolute atomic E-state index is 11.3. The molecule has 0 aliphatic carbocycles. The van der Waals surface area contributed by atoms with E-state index >= 15 is 0 Å². The summed E-state index contributed by atoms with van der Waals surface area (Å²) in [6.07, 6.45) is -0.705. The van der Waals surface area contributed by atoms with Crippen LogP contribution in [-0.4, -0.2) is 28.8 Å². The minimum atomic E-state index is -1.06. The van der Waals surface area contributed by atoms with Crippen molar-refractivity contribution in [1.29, 1.82) is 0 Å². The van der Waals surface area contributed by atoms with Gasteiger partial charge in [-0.3, -0.25) is 0 Å². The predicted octanol–water partition coefficient (Wildman–Crippen LogP) is 1.78. The van der Waals surface area contributed by atoms with Gasteiger partial charge in [0.05, 0.1) is 0 Å². The first kappa shape index (κ1) is 17.1. The first-order valence-corrected chi connectivity index (χ1v) is 4.86. The van der Waals surface area contributed by atoms with Crippen LogP contribution >= 0.6 is 0 Å². The zero-order chi connectivity index (χ0) is 12.2. The maximum Gasteiger partial charge on any atom is 0.408 e. The molecule has 16 heavy (non-hydrogen) atoms. The summed E-state index contributed by atoms with van der Waals surface area (Å²) in [5, 5.41) is 11.1. The zero-order valence-electron chi connectivity index (χ0n) is 10.5. The number of aliphatic carboxylic acids is 1. The number of carboxylic acid groups (broad SMARTS) is 1. The Morgan fingerprint density at radius 3 is 1.94 bits per heavy atom. The Morgan fingerprint density at radius 1 is 1.25 bits per heavy atom. The number of hydrogen-bond donors (Lipinski definition) is 3. The van der Waals surface area contributed by atoms with Crippen LogP contribution in [0.5, 0.6) is 0 Å². The molecule has 0 spiro atoms. The highest BCUT2D eigenvalue weighted by Gasteiger charge is 2.26. The summed E-state index contributed by atoms with van der Waals surface area (Å²) in [6.45, 7) is 8.60. The van der Waals surface area contributed by atoms with Crippen molar-refractivity contribution in [3.05, 3.63) is 0 Å². The lowest BCUT2D eigenvalue weighted by Crippen LogP contribution is -2.46. The van der Waals surface area contributed by atoms with Crippen LogP contribution in [0.3, 0.4) is 0 Å². The Hall–Kier alpha value is -1.30. The molecule has 6 nitrogen and oxygen atoms in total. The fourth-order valence-electron chi connectivity index (χ4n) is 0.948. The summed E-state index contributed by atoms with van der Waals surface area (Å²) in [7, 11) is 0. The molecule has 0 rings (SSSR count). The SMILES string of the molecule is CC(C)C(NC(=O)OC(C)(C)C)C(=O)O.N. The Balaban J connectivity index is 0. The lowest BCUT2D eigenvalue weighted by Gasteiger charge is -2.23. The van der Waals surface area contributed by atoms with Crippen LogP contribution in [0.15, 0.2) is 0 Å². The topological polar surface area (TPSA) is 111 Å². The van der Waals surface area contributed by atoms with Gasteiger partial charge in [0, 0.05) is 0 Å². The molecular weight excluding hydrogens is 212 g/mol. The molecule has 0 fully saturated rings. The third kappa shape index (κ3) is 7.05. The smallest absolute Gasteiger partial charge is 0.408 e. The predicted molar refractivity (Wildman–Crippen MR) is 60.7 cm³/mol. The molecule has 1 atom stereocenters. The summed E-state index contributed by atoms with van der Waals surface area (Å²) >= 11 is 0. The number of carbonyl (C=O) groups is 2. The molecular formula is C10H22N2O4. The molecule has 5 N–H and O–H groups in total. The van der Waals surface area contributed by atoms with Crippen molar-refractivity contribution in [3.63, 3.8) is 0 Å². The van der Waals surface area contributed by atoms with Gasteiger partial charge in [0.2, 0.25) is 0 Å². The molecule has 0 aromatic heterocycles. The lowest BCUT2D eigenvalue weighted by atomic mass is 10.1. The molecule has 0 saturated carbocycles. The van der Waals surface area contributed by atoms with Gasteiger partial charge in [-0.25, -0.2) is 9.59 Å². The van der Waals surface area contributed by atoms with E-state index in [1.807, 2.05) is 0 Å². The van der Waals surface area contributed by atoms with E-state index in [0.29, 0.717) is 0 Å². The van der Waals surface area contributed by atoms with Gasteiger partial charge in [-0.15, -0.1) is 0 Å².